The van der Waals surface area contributed by atoms with Gasteiger partial charge in [0.15, 0.2) is 0 Å². The van der Waals surface area contributed by atoms with Gasteiger partial charge in [-0.1, -0.05) is 75.6 Å². The Morgan fingerprint density at radius 2 is 1.64 bits per heavy atom. The molecular formula is C36H42FN3O2. The van der Waals surface area contributed by atoms with E-state index in [9.17, 15) is 14.0 Å². The number of aromatic nitrogens is 1. The predicted octanol–water partition coefficient (Wildman–Crippen LogP) is 7.68. The van der Waals surface area contributed by atoms with E-state index in [0.717, 1.165) is 54.1 Å². The Morgan fingerprint density at radius 3 is 2.38 bits per heavy atom. The van der Waals surface area contributed by atoms with Gasteiger partial charge in [0, 0.05) is 36.6 Å². The third-order valence-corrected chi connectivity index (χ3v) is 8.44. The van der Waals surface area contributed by atoms with Gasteiger partial charge < -0.3 is 14.4 Å². The Bertz CT molecular complexity index is 1490. The van der Waals surface area contributed by atoms with Crippen LogP contribution >= 0.6 is 0 Å². The third-order valence-electron chi connectivity index (χ3n) is 8.44. The number of amides is 2. The van der Waals surface area contributed by atoms with Gasteiger partial charge in [0.25, 0.3) is 5.91 Å². The molecule has 1 fully saturated rings. The van der Waals surface area contributed by atoms with Crippen molar-refractivity contribution < 1.29 is 14.0 Å². The van der Waals surface area contributed by atoms with Gasteiger partial charge in [-0.2, -0.15) is 0 Å². The third kappa shape index (κ3) is 7.47. The van der Waals surface area contributed by atoms with Gasteiger partial charge in [0.05, 0.1) is 6.54 Å². The lowest BCUT2D eigenvalue weighted by Crippen LogP contribution is -2.48. The maximum absolute atomic E-state index is 14.2. The van der Waals surface area contributed by atoms with Gasteiger partial charge in [-0.3, -0.25) is 9.59 Å². The zero-order chi connectivity index (χ0) is 29.5. The van der Waals surface area contributed by atoms with Gasteiger partial charge in [0.1, 0.15) is 12.4 Å². The summed E-state index contributed by atoms with van der Waals surface area (Å²) in [4.78, 5) is 31.8. The van der Waals surface area contributed by atoms with Gasteiger partial charge in [-0.05, 0) is 77.9 Å². The molecule has 0 spiro atoms. The summed E-state index contributed by atoms with van der Waals surface area (Å²) in [5, 5.41) is 2.11. The predicted molar refractivity (Wildman–Crippen MR) is 167 cm³/mol. The van der Waals surface area contributed by atoms with Crippen molar-refractivity contribution in [2.24, 2.45) is 5.92 Å². The molecule has 1 heterocycles. The van der Waals surface area contributed by atoms with Crippen molar-refractivity contribution in [1.82, 2.24) is 14.4 Å². The highest BCUT2D eigenvalue weighted by atomic mass is 19.1. The van der Waals surface area contributed by atoms with Gasteiger partial charge in [-0.15, -0.1) is 0 Å². The average molecular weight is 568 g/mol. The minimum Gasteiger partial charge on any atom is -0.345 e. The smallest absolute Gasteiger partial charge is 0.254 e. The summed E-state index contributed by atoms with van der Waals surface area (Å²) in [6.45, 7) is 5.98. The molecular weight excluding hydrogens is 525 g/mol. The van der Waals surface area contributed by atoms with Crippen LogP contribution < -0.4 is 0 Å². The lowest BCUT2D eigenvalue weighted by molar-refractivity contribution is -0.135. The molecule has 1 aliphatic carbocycles. The van der Waals surface area contributed by atoms with Crippen LogP contribution in [0.25, 0.3) is 10.8 Å². The van der Waals surface area contributed by atoms with Gasteiger partial charge >= 0.3 is 0 Å². The van der Waals surface area contributed by atoms with E-state index < -0.39 is 0 Å². The molecule has 1 aliphatic rings. The minimum absolute atomic E-state index is 0.00525. The highest BCUT2D eigenvalue weighted by Gasteiger charge is 2.29. The van der Waals surface area contributed by atoms with E-state index in [1.54, 1.807) is 17.0 Å². The van der Waals surface area contributed by atoms with Crippen molar-refractivity contribution in [2.75, 3.05) is 13.1 Å². The van der Waals surface area contributed by atoms with Crippen molar-refractivity contribution in [3.63, 3.8) is 0 Å². The molecule has 5 rings (SSSR count). The summed E-state index contributed by atoms with van der Waals surface area (Å²) >= 11 is 0. The van der Waals surface area contributed by atoms with Crippen LogP contribution in [0.4, 0.5) is 4.39 Å². The van der Waals surface area contributed by atoms with Crippen LogP contribution in [-0.2, 0) is 17.9 Å². The monoisotopic (exact) mass is 567 g/mol. The molecule has 0 N–H and O–H groups in total. The summed E-state index contributed by atoms with van der Waals surface area (Å²) in [6, 6.07) is 24.6. The van der Waals surface area contributed by atoms with Crippen molar-refractivity contribution in [1.29, 1.82) is 0 Å². The molecule has 0 atom stereocenters. The first kappa shape index (κ1) is 29.6. The molecule has 5 nitrogen and oxygen atoms in total. The molecule has 0 saturated heterocycles. The quantitative estimate of drug-likeness (QED) is 0.187. The Hall–Kier alpha value is -3.93. The average Bonchev–Trinajstić information content (AvgIpc) is 3.45. The molecule has 0 radical (unpaired) electrons. The van der Waals surface area contributed by atoms with Crippen LogP contribution in [-0.4, -0.2) is 45.3 Å². The Labute approximate surface area is 248 Å². The highest BCUT2D eigenvalue weighted by Crippen LogP contribution is 2.26. The maximum Gasteiger partial charge on any atom is 0.254 e. The zero-order valence-corrected chi connectivity index (χ0v) is 24.8. The summed E-state index contributed by atoms with van der Waals surface area (Å²) in [6.07, 6.45) is 8.22. The molecule has 0 aliphatic heterocycles. The fourth-order valence-corrected chi connectivity index (χ4v) is 5.95. The first-order valence-electron chi connectivity index (χ1n) is 15.3. The van der Waals surface area contributed by atoms with Crippen molar-refractivity contribution in [3.05, 3.63) is 108 Å². The molecule has 1 aromatic heterocycles. The fraction of sp³-hybridized carbons (Fsp3) is 0.389. The number of fused-ring (bicyclic) bond motifs is 1. The standard InChI is InChI=1S/C36H42FN3O2/c1-27(2)20-22-39(36(42)31-17-16-29-9-6-7-10-30(29)23-31)26-35(41)40(33-11-4-3-5-12-33)25-34-13-8-21-38(34)24-28-14-18-32(37)19-15-28/h6-10,13-19,21,23,27,33H,3-5,11-12,20,22,24-26H2,1-2H3. The first-order chi connectivity index (χ1) is 20.4. The van der Waals surface area contributed by atoms with E-state index in [4.69, 9.17) is 0 Å². The van der Waals surface area contributed by atoms with Crippen LogP contribution in [0.3, 0.4) is 0 Å². The Morgan fingerprint density at radius 1 is 0.905 bits per heavy atom. The number of halogens is 1. The molecule has 0 unspecified atom stereocenters. The number of benzene rings is 3. The van der Waals surface area contributed by atoms with Crippen molar-refractivity contribution in [2.45, 2.75) is 71.5 Å². The zero-order valence-electron chi connectivity index (χ0n) is 24.8. The maximum atomic E-state index is 14.2. The fourth-order valence-electron chi connectivity index (χ4n) is 5.95. The summed E-state index contributed by atoms with van der Waals surface area (Å²) in [5.41, 5.74) is 2.65. The minimum atomic E-state index is -0.249. The first-order valence-corrected chi connectivity index (χ1v) is 15.3. The van der Waals surface area contributed by atoms with Gasteiger partial charge in [-0.25, -0.2) is 4.39 Å². The summed E-state index contributed by atoms with van der Waals surface area (Å²) < 4.78 is 15.6. The van der Waals surface area contributed by atoms with E-state index in [1.807, 2.05) is 59.6 Å². The molecule has 1 saturated carbocycles. The van der Waals surface area contributed by atoms with Crippen LogP contribution in [0.5, 0.6) is 0 Å². The number of hydrogen-bond donors (Lipinski definition) is 0. The van der Waals surface area contributed by atoms with Crippen LogP contribution in [0.15, 0.2) is 85.1 Å². The lowest BCUT2D eigenvalue weighted by Gasteiger charge is -2.36. The second kappa shape index (κ2) is 13.8. The number of hydrogen-bond acceptors (Lipinski definition) is 2. The number of rotatable bonds is 11. The highest BCUT2D eigenvalue weighted by molar-refractivity contribution is 6.00. The number of carbonyl (C=O) groups excluding carboxylic acids is 2. The van der Waals surface area contributed by atoms with E-state index >= 15 is 0 Å². The normalized spacial score (nSPS) is 13.9. The molecule has 42 heavy (non-hydrogen) atoms. The molecule has 2 amide bonds. The van der Waals surface area contributed by atoms with Crippen LogP contribution in [0.2, 0.25) is 0 Å². The SMILES string of the molecule is CC(C)CCN(CC(=O)N(Cc1cccn1Cc1ccc(F)cc1)C1CCCCC1)C(=O)c1ccc2ccccc2c1. The van der Waals surface area contributed by atoms with E-state index in [1.165, 1.54) is 18.6 Å². The molecule has 3 aromatic carbocycles. The van der Waals surface area contributed by atoms with E-state index in [-0.39, 0.29) is 30.2 Å². The Balaban J connectivity index is 1.38. The summed E-state index contributed by atoms with van der Waals surface area (Å²) in [5.74, 6) is 0.0596. The van der Waals surface area contributed by atoms with Crippen molar-refractivity contribution >= 4 is 22.6 Å². The number of carbonyl (C=O) groups is 2. The molecule has 0 bridgehead atoms. The van der Waals surface area contributed by atoms with Crippen LogP contribution in [0, 0.1) is 11.7 Å². The van der Waals surface area contributed by atoms with Gasteiger partial charge in [0.2, 0.25) is 5.91 Å². The second-order valence-electron chi connectivity index (χ2n) is 12.0. The molecule has 220 valence electrons. The second-order valence-corrected chi connectivity index (χ2v) is 12.0. The van der Waals surface area contributed by atoms with Crippen LogP contribution in [0.1, 0.15) is 74.0 Å². The lowest BCUT2D eigenvalue weighted by atomic mass is 9.94. The molecule has 4 aromatic rings. The Kier molecular flexibility index (Phi) is 9.73. The number of nitrogens with zero attached hydrogens (tertiary/aromatic N) is 3. The van der Waals surface area contributed by atoms with E-state index in [2.05, 4.69) is 24.5 Å². The molecule has 6 heteroatoms. The largest absolute Gasteiger partial charge is 0.345 e. The summed E-state index contributed by atoms with van der Waals surface area (Å²) in [7, 11) is 0. The van der Waals surface area contributed by atoms with E-state index in [0.29, 0.717) is 31.1 Å². The topological polar surface area (TPSA) is 45.6 Å². The van der Waals surface area contributed by atoms with Crippen molar-refractivity contribution in [3.8, 4) is 0 Å².